The number of nitrogens with one attached hydrogen (secondary N) is 1. The number of ether oxygens (including phenoxy) is 1. The Morgan fingerprint density at radius 1 is 1.65 bits per heavy atom. The van der Waals surface area contributed by atoms with Crippen LogP contribution in [0.4, 0.5) is 5.69 Å². The Morgan fingerprint density at radius 3 is 2.88 bits per heavy atom. The first-order chi connectivity index (χ1) is 8.12. The molecule has 0 saturated heterocycles. The number of benzene rings is 1. The SMILES string of the molecule is COc1cc(NCC(O)CCl)c(C#N)cc1Br. The van der Waals surface area contributed by atoms with Crippen LogP contribution >= 0.6 is 27.5 Å². The molecule has 0 fully saturated rings. The quantitative estimate of drug-likeness (QED) is 0.818. The summed E-state index contributed by atoms with van der Waals surface area (Å²) in [6.07, 6.45) is -0.655. The van der Waals surface area contributed by atoms with E-state index >= 15 is 0 Å². The summed E-state index contributed by atoms with van der Waals surface area (Å²) >= 11 is 8.79. The molecule has 0 aliphatic heterocycles. The molecular weight excluding hydrogens is 307 g/mol. The molecule has 1 aromatic rings. The second-order valence-corrected chi connectivity index (χ2v) is 4.50. The lowest BCUT2D eigenvalue weighted by molar-refractivity contribution is 0.211. The van der Waals surface area contributed by atoms with Crippen LogP contribution < -0.4 is 10.1 Å². The summed E-state index contributed by atoms with van der Waals surface area (Å²) in [5.41, 5.74) is 1.08. The Bertz CT molecular complexity index is 434. The Kier molecular flexibility index (Phi) is 5.56. The van der Waals surface area contributed by atoms with Gasteiger partial charge in [0.1, 0.15) is 11.8 Å². The fourth-order valence-electron chi connectivity index (χ4n) is 1.23. The van der Waals surface area contributed by atoms with Crippen molar-refractivity contribution in [2.24, 2.45) is 0 Å². The molecule has 1 atom stereocenters. The van der Waals surface area contributed by atoms with E-state index in [0.717, 1.165) is 0 Å². The maximum Gasteiger partial charge on any atom is 0.135 e. The molecule has 1 unspecified atom stereocenters. The molecule has 17 heavy (non-hydrogen) atoms. The summed E-state index contributed by atoms with van der Waals surface area (Å²) < 4.78 is 5.84. The van der Waals surface area contributed by atoms with Crippen LogP contribution in [0.25, 0.3) is 0 Å². The third-order valence-corrected chi connectivity index (χ3v) is 3.09. The van der Waals surface area contributed by atoms with E-state index in [1.807, 2.05) is 0 Å². The molecule has 0 heterocycles. The molecule has 0 spiro atoms. The minimum Gasteiger partial charge on any atom is -0.495 e. The summed E-state index contributed by atoms with van der Waals surface area (Å²) in [7, 11) is 1.55. The van der Waals surface area contributed by atoms with Gasteiger partial charge in [-0.2, -0.15) is 5.26 Å². The van der Waals surface area contributed by atoms with E-state index in [2.05, 4.69) is 27.3 Å². The fraction of sp³-hybridized carbons (Fsp3) is 0.364. The predicted octanol–water partition coefficient (Wildman–Crippen LogP) is 2.34. The average Bonchev–Trinajstić information content (AvgIpc) is 2.36. The van der Waals surface area contributed by atoms with E-state index in [-0.39, 0.29) is 12.4 Å². The number of nitrogens with zero attached hydrogens (tertiary/aromatic N) is 1. The minimum atomic E-state index is -0.655. The molecule has 2 N–H and O–H groups in total. The summed E-state index contributed by atoms with van der Waals surface area (Å²) in [5.74, 6) is 0.759. The lowest BCUT2D eigenvalue weighted by Crippen LogP contribution is -2.21. The number of anilines is 1. The van der Waals surface area contributed by atoms with Crippen LogP contribution in [0.2, 0.25) is 0 Å². The first-order valence-corrected chi connectivity index (χ1v) is 6.20. The molecule has 0 aliphatic rings. The summed E-state index contributed by atoms with van der Waals surface area (Å²) in [6.45, 7) is 0.281. The third-order valence-electron chi connectivity index (χ3n) is 2.12. The lowest BCUT2D eigenvalue weighted by atomic mass is 10.2. The Morgan fingerprint density at radius 2 is 2.35 bits per heavy atom. The van der Waals surface area contributed by atoms with Gasteiger partial charge in [-0.25, -0.2) is 0 Å². The first kappa shape index (κ1) is 14.1. The van der Waals surface area contributed by atoms with E-state index < -0.39 is 6.10 Å². The zero-order chi connectivity index (χ0) is 12.8. The highest BCUT2D eigenvalue weighted by Crippen LogP contribution is 2.31. The molecule has 1 aromatic carbocycles. The standard InChI is InChI=1S/C11H12BrClN2O2/c1-17-11-3-10(15-6-8(16)4-13)7(5-14)2-9(11)12/h2-3,8,15-16H,4,6H2,1H3. The number of alkyl halides is 1. The molecule has 92 valence electrons. The molecule has 0 radical (unpaired) electrons. The number of hydrogen-bond acceptors (Lipinski definition) is 4. The molecule has 1 rings (SSSR count). The number of nitriles is 1. The van der Waals surface area contributed by atoms with Crippen LogP contribution in [0, 0.1) is 11.3 Å². The molecule has 0 aliphatic carbocycles. The zero-order valence-corrected chi connectivity index (χ0v) is 11.5. The largest absolute Gasteiger partial charge is 0.495 e. The van der Waals surface area contributed by atoms with Crippen LogP contribution in [0.3, 0.4) is 0 Å². The minimum absolute atomic E-state index is 0.141. The Balaban J connectivity index is 2.93. The highest BCUT2D eigenvalue weighted by atomic mass is 79.9. The summed E-state index contributed by atoms with van der Waals surface area (Å²) in [5, 5.41) is 21.3. The Labute approximate surface area is 113 Å². The maximum absolute atomic E-state index is 9.35. The van der Waals surface area contributed by atoms with Crippen LogP contribution in [0.5, 0.6) is 5.75 Å². The zero-order valence-electron chi connectivity index (χ0n) is 9.20. The van der Waals surface area contributed by atoms with Crippen molar-refractivity contribution in [2.75, 3.05) is 24.9 Å². The van der Waals surface area contributed by atoms with Gasteiger partial charge < -0.3 is 15.2 Å². The van der Waals surface area contributed by atoms with Crippen molar-refractivity contribution in [1.29, 1.82) is 5.26 Å². The molecule has 6 heteroatoms. The summed E-state index contributed by atoms with van der Waals surface area (Å²) in [4.78, 5) is 0. The van der Waals surface area contributed by atoms with Gasteiger partial charge in [0.15, 0.2) is 0 Å². The van der Waals surface area contributed by atoms with Gasteiger partial charge in [0.2, 0.25) is 0 Å². The van der Waals surface area contributed by atoms with Crippen LogP contribution in [-0.2, 0) is 0 Å². The number of aliphatic hydroxyl groups is 1. The molecule has 0 bridgehead atoms. The predicted molar refractivity (Wildman–Crippen MR) is 70.6 cm³/mol. The Hall–Kier alpha value is -0.960. The molecule has 4 nitrogen and oxygen atoms in total. The van der Waals surface area contributed by atoms with Crippen molar-refractivity contribution in [3.05, 3.63) is 22.2 Å². The first-order valence-electron chi connectivity index (χ1n) is 4.88. The fourth-order valence-corrected chi connectivity index (χ4v) is 1.85. The van der Waals surface area contributed by atoms with E-state index in [4.69, 9.17) is 21.6 Å². The number of hydrogen-bond donors (Lipinski definition) is 2. The molecule has 0 amide bonds. The second kappa shape index (κ2) is 6.70. The second-order valence-electron chi connectivity index (χ2n) is 3.33. The van der Waals surface area contributed by atoms with Crippen molar-refractivity contribution >= 4 is 33.2 Å². The van der Waals surface area contributed by atoms with E-state index in [0.29, 0.717) is 21.5 Å². The van der Waals surface area contributed by atoms with Crippen molar-refractivity contribution in [3.8, 4) is 11.8 Å². The number of rotatable bonds is 5. The maximum atomic E-state index is 9.35. The monoisotopic (exact) mass is 318 g/mol. The topological polar surface area (TPSA) is 65.3 Å². The van der Waals surface area contributed by atoms with Gasteiger partial charge in [-0.3, -0.25) is 0 Å². The lowest BCUT2D eigenvalue weighted by Gasteiger charge is -2.13. The van der Waals surface area contributed by atoms with Gasteiger partial charge in [0.05, 0.1) is 34.8 Å². The van der Waals surface area contributed by atoms with Crippen molar-refractivity contribution in [1.82, 2.24) is 0 Å². The smallest absolute Gasteiger partial charge is 0.135 e. The van der Waals surface area contributed by atoms with Crippen LogP contribution in [-0.4, -0.2) is 30.7 Å². The highest BCUT2D eigenvalue weighted by Gasteiger charge is 2.10. The number of halogens is 2. The van der Waals surface area contributed by atoms with Gasteiger partial charge in [-0.1, -0.05) is 0 Å². The van der Waals surface area contributed by atoms with Crippen LogP contribution in [0.1, 0.15) is 5.56 Å². The molecular formula is C11H12BrClN2O2. The molecule has 0 saturated carbocycles. The van der Waals surface area contributed by atoms with Crippen molar-refractivity contribution in [2.45, 2.75) is 6.10 Å². The van der Waals surface area contributed by atoms with Gasteiger partial charge in [0.25, 0.3) is 0 Å². The normalized spacial score (nSPS) is 11.7. The van der Waals surface area contributed by atoms with Crippen molar-refractivity contribution in [3.63, 3.8) is 0 Å². The number of methoxy groups -OCH3 is 1. The van der Waals surface area contributed by atoms with Gasteiger partial charge in [0, 0.05) is 12.6 Å². The van der Waals surface area contributed by atoms with Crippen molar-refractivity contribution < 1.29 is 9.84 Å². The van der Waals surface area contributed by atoms with Gasteiger partial charge in [-0.15, -0.1) is 11.6 Å². The van der Waals surface area contributed by atoms with E-state index in [1.165, 1.54) is 0 Å². The van der Waals surface area contributed by atoms with Gasteiger partial charge >= 0.3 is 0 Å². The van der Waals surface area contributed by atoms with Gasteiger partial charge in [-0.05, 0) is 22.0 Å². The summed E-state index contributed by atoms with van der Waals surface area (Å²) in [6, 6.07) is 5.43. The van der Waals surface area contributed by atoms with Crippen LogP contribution in [0.15, 0.2) is 16.6 Å². The van der Waals surface area contributed by atoms with E-state index in [9.17, 15) is 5.11 Å². The number of aliphatic hydroxyl groups excluding tert-OH is 1. The molecule has 0 aromatic heterocycles. The third kappa shape index (κ3) is 3.77. The average molecular weight is 320 g/mol. The van der Waals surface area contributed by atoms with E-state index in [1.54, 1.807) is 19.2 Å². The highest BCUT2D eigenvalue weighted by molar-refractivity contribution is 9.10.